The third-order valence-electron chi connectivity index (χ3n) is 4.91. The average molecular weight is 402 g/mol. The van der Waals surface area contributed by atoms with E-state index in [0.29, 0.717) is 18.2 Å². The van der Waals surface area contributed by atoms with Crippen LogP contribution in [0.3, 0.4) is 0 Å². The molecule has 0 radical (unpaired) electrons. The first-order valence-corrected chi connectivity index (χ1v) is 10.0. The highest BCUT2D eigenvalue weighted by molar-refractivity contribution is 8.15. The van der Waals surface area contributed by atoms with Crippen LogP contribution in [0.5, 0.6) is 5.75 Å². The number of nitrogens with two attached hydrogens (primary N) is 1. The number of rotatable bonds is 3. The molecule has 4 rings (SSSR count). The lowest BCUT2D eigenvalue weighted by atomic mass is 9.86. The summed E-state index contributed by atoms with van der Waals surface area (Å²) in [5.41, 5.74) is 7.74. The number of fused-ring (bicyclic) bond motifs is 2. The predicted octanol–water partition coefficient (Wildman–Crippen LogP) is 3.81. The molecular weight excluding hydrogens is 382 g/mol. The minimum absolute atomic E-state index is 0.0201. The molecule has 0 bridgehead atoms. The van der Waals surface area contributed by atoms with Gasteiger partial charge in [-0.15, -0.1) is 0 Å². The fourth-order valence-corrected chi connectivity index (χ4v) is 5.48. The SMILES string of the molecule is CC(=O)N1N=C(c2cccc(Cl)c2)S[C@@]12c1ccccc1OC[C@@H]2CCN. The zero-order chi connectivity index (χ0) is 19.0. The summed E-state index contributed by atoms with van der Waals surface area (Å²) in [6, 6.07) is 15.4. The van der Waals surface area contributed by atoms with Crippen molar-refractivity contribution in [1.29, 1.82) is 0 Å². The Morgan fingerprint density at radius 1 is 1.37 bits per heavy atom. The van der Waals surface area contributed by atoms with E-state index in [1.165, 1.54) is 0 Å². The number of para-hydroxylation sites is 1. The van der Waals surface area contributed by atoms with Gasteiger partial charge in [0.2, 0.25) is 5.91 Å². The highest BCUT2D eigenvalue weighted by atomic mass is 35.5. The van der Waals surface area contributed by atoms with Gasteiger partial charge in [-0.05, 0) is 31.2 Å². The van der Waals surface area contributed by atoms with Crippen molar-refractivity contribution < 1.29 is 9.53 Å². The highest BCUT2D eigenvalue weighted by Gasteiger charge is 2.56. The van der Waals surface area contributed by atoms with Crippen LogP contribution in [0.25, 0.3) is 0 Å². The van der Waals surface area contributed by atoms with Crippen molar-refractivity contribution in [1.82, 2.24) is 5.01 Å². The van der Waals surface area contributed by atoms with E-state index in [1.807, 2.05) is 48.5 Å². The first kappa shape index (κ1) is 18.3. The minimum atomic E-state index is -0.669. The molecule has 2 aliphatic heterocycles. The summed E-state index contributed by atoms with van der Waals surface area (Å²) in [7, 11) is 0. The maximum Gasteiger partial charge on any atom is 0.241 e. The lowest BCUT2D eigenvalue weighted by molar-refractivity contribution is -0.134. The third kappa shape index (κ3) is 3.02. The maximum absolute atomic E-state index is 12.6. The van der Waals surface area contributed by atoms with E-state index in [1.54, 1.807) is 23.7 Å². The van der Waals surface area contributed by atoms with Crippen molar-refractivity contribution in [2.24, 2.45) is 16.8 Å². The van der Waals surface area contributed by atoms with Crippen molar-refractivity contribution >= 4 is 34.3 Å². The van der Waals surface area contributed by atoms with Crippen LogP contribution in [0, 0.1) is 5.92 Å². The molecule has 2 aromatic carbocycles. The first-order valence-electron chi connectivity index (χ1n) is 8.83. The molecule has 7 heteroatoms. The second kappa shape index (κ2) is 7.19. The highest BCUT2D eigenvalue weighted by Crippen LogP contribution is 2.57. The summed E-state index contributed by atoms with van der Waals surface area (Å²) in [6.45, 7) is 2.55. The first-order chi connectivity index (χ1) is 13.1. The molecule has 0 aliphatic carbocycles. The van der Waals surface area contributed by atoms with Crippen LogP contribution in [-0.4, -0.2) is 29.1 Å². The number of thioether (sulfide) groups is 1. The van der Waals surface area contributed by atoms with Gasteiger partial charge in [0.15, 0.2) is 4.87 Å². The summed E-state index contributed by atoms with van der Waals surface area (Å²) in [6.07, 6.45) is 0.726. The summed E-state index contributed by atoms with van der Waals surface area (Å²) < 4.78 is 5.98. The van der Waals surface area contributed by atoms with Gasteiger partial charge in [0.25, 0.3) is 0 Å². The number of hydrazone groups is 1. The molecule has 0 aromatic heterocycles. The predicted molar refractivity (Wildman–Crippen MR) is 109 cm³/mol. The largest absolute Gasteiger partial charge is 0.493 e. The molecule has 1 amide bonds. The Balaban J connectivity index is 1.87. The van der Waals surface area contributed by atoms with Crippen LogP contribution in [0.1, 0.15) is 24.5 Å². The quantitative estimate of drug-likeness (QED) is 0.849. The van der Waals surface area contributed by atoms with Crippen LogP contribution in [0.15, 0.2) is 53.6 Å². The topological polar surface area (TPSA) is 67.9 Å². The number of hydrogen-bond acceptors (Lipinski definition) is 5. The summed E-state index contributed by atoms with van der Waals surface area (Å²) in [4.78, 5) is 12.0. The summed E-state index contributed by atoms with van der Waals surface area (Å²) in [5, 5.41) is 7.73. The number of ether oxygens (including phenoxy) is 1. The van der Waals surface area contributed by atoms with Gasteiger partial charge in [-0.2, -0.15) is 5.10 Å². The van der Waals surface area contributed by atoms with E-state index in [4.69, 9.17) is 27.2 Å². The molecule has 0 fully saturated rings. The number of amides is 1. The second-order valence-electron chi connectivity index (χ2n) is 6.63. The molecule has 2 N–H and O–H groups in total. The molecule has 0 saturated carbocycles. The molecule has 27 heavy (non-hydrogen) atoms. The van der Waals surface area contributed by atoms with Crippen molar-refractivity contribution in [2.75, 3.05) is 13.2 Å². The molecule has 2 aromatic rings. The monoisotopic (exact) mass is 401 g/mol. The molecule has 140 valence electrons. The van der Waals surface area contributed by atoms with Crippen molar-refractivity contribution in [2.45, 2.75) is 18.2 Å². The fraction of sp³-hybridized carbons (Fsp3) is 0.300. The molecular formula is C20H20ClN3O2S. The second-order valence-corrected chi connectivity index (χ2v) is 8.28. The number of carbonyl (C=O) groups excluding carboxylic acids is 1. The normalized spacial score (nSPS) is 23.7. The van der Waals surface area contributed by atoms with E-state index in [-0.39, 0.29) is 11.8 Å². The minimum Gasteiger partial charge on any atom is -0.493 e. The van der Waals surface area contributed by atoms with Gasteiger partial charge in [-0.25, -0.2) is 5.01 Å². The molecule has 2 aliphatic rings. The lowest BCUT2D eigenvalue weighted by Gasteiger charge is -2.45. The zero-order valence-electron chi connectivity index (χ0n) is 14.9. The van der Waals surface area contributed by atoms with E-state index >= 15 is 0 Å². The third-order valence-corrected chi connectivity index (χ3v) is 6.69. The Morgan fingerprint density at radius 2 is 2.19 bits per heavy atom. The van der Waals surface area contributed by atoms with Gasteiger partial charge in [0.1, 0.15) is 10.8 Å². The number of nitrogens with zero attached hydrogens (tertiary/aromatic N) is 2. The van der Waals surface area contributed by atoms with Crippen molar-refractivity contribution in [3.05, 3.63) is 64.7 Å². The van der Waals surface area contributed by atoms with Crippen LogP contribution >= 0.6 is 23.4 Å². The molecule has 1 spiro atoms. The Kier molecular flexibility index (Phi) is 4.88. The van der Waals surface area contributed by atoms with E-state index in [2.05, 4.69) is 0 Å². The molecule has 0 saturated heterocycles. The summed E-state index contributed by atoms with van der Waals surface area (Å²) in [5.74, 6) is 0.692. The Bertz CT molecular complexity index is 920. The van der Waals surface area contributed by atoms with Gasteiger partial charge in [-0.1, -0.05) is 53.7 Å². The van der Waals surface area contributed by atoms with Gasteiger partial charge < -0.3 is 10.5 Å². The van der Waals surface area contributed by atoms with E-state index < -0.39 is 4.87 Å². The van der Waals surface area contributed by atoms with Crippen LogP contribution in [-0.2, 0) is 9.67 Å². The molecule has 5 nitrogen and oxygen atoms in total. The summed E-state index contributed by atoms with van der Waals surface area (Å²) >= 11 is 7.76. The Labute approximate surface area is 167 Å². The van der Waals surface area contributed by atoms with Gasteiger partial charge in [0.05, 0.1) is 6.61 Å². The standard InChI is InChI=1S/C20H20ClN3O2S/c1-13(25)24-20(27-19(23-24)14-5-4-6-16(21)11-14)15(9-10-22)12-26-18-8-3-2-7-17(18)20/h2-8,11,15H,9-10,12,22H2,1H3/t15-,20-/m0/s1. The fourth-order valence-electron chi connectivity index (χ4n) is 3.74. The Morgan fingerprint density at radius 3 is 2.93 bits per heavy atom. The number of hydrogen-bond donors (Lipinski definition) is 1. The van der Waals surface area contributed by atoms with Crippen LogP contribution in [0.4, 0.5) is 0 Å². The van der Waals surface area contributed by atoms with Crippen molar-refractivity contribution in [3.63, 3.8) is 0 Å². The van der Waals surface area contributed by atoms with Gasteiger partial charge in [-0.3, -0.25) is 4.79 Å². The zero-order valence-corrected chi connectivity index (χ0v) is 16.5. The van der Waals surface area contributed by atoms with E-state index in [9.17, 15) is 4.79 Å². The number of halogens is 1. The Hall–Kier alpha value is -2.02. The molecule has 2 atom stereocenters. The number of carbonyl (C=O) groups is 1. The number of benzene rings is 2. The molecule has 2 heterocycles. The smallest absolute Gasteiger partial charge is 0.241 e. The van der Waals surface area contributed by atoms with Crippen molar-refractivity contribution in [3.8, 4) is 5.75 Å². The van der Waals surface area contributed by atoms with Gasteiger partial charge >= 0.3 is 0 Å². The van der Waals surface area contributed by atoms with E-state index in [0.717, 1.165) is 28.3 Å². The average Bonchev–Trinajstić information content (AvgIpc) is 3.06. The lowest BCUT2D eigenvalue weighted by Crippen LogP contribution is -2.51. The van der Waals surface area contributed by atoms with Crippen LogP contribution < -0.4 is 10.5 Å². The molecule has 0 unspecified atom stereocenters. The van der Waals surface area contributed by atoms with Gasteiger partial charge in [0, 0.05) is 29.0 Å². The maximum atomic E-state index is 12.6. The van der Waals surface area contributed by atoms with Crippen LogP contribution in [0.2, 0.25) is 5.02 Å².